The highest BCUT2D eigenvalue weighted by molar-refractivity contribution is 6.23. The number of hydrogen-bond acceptors (Lipinski definition) is 10. The number of esters is 2. The molecule has 5 heterocycles. The zero-order valence-corrected chi connectivity index (χ0v) is 38.2. The van der Waals surface area contributed by atoms with Crippen LogP contribution < -0.4 is 5.32 Å². The van der Waals surface area contributed by atoms with E-state index in [0.717, 1.165) is 23.4 Å². The van der Waals surface area contributed by atoms with E-state index in [0.29, 0.717) is 94.4 Å². The van der Waals surface area contributed by atoms with Crippen molar-refractivity contribution in [1.82, 2.24) is 25.3 Å². The summed E-state index contributed by atoms with van der Waals surface area (Å²) < 4.78 is 10.9. The Hall–Kier alpha value is -5.46. The summed E-state index contributed by atoms with van der Waals surface area (Å²) in [6, 6.07) is 5.89. The lowest BCUT2D eigenvalue weighted by atomic mass is 9.84. The third-order valence-electron chi connectivity index (χ3n) is 12.9. The van der Waals surface area contributed by atoms with E-state index in [4.69, 9.17) is 19.4 Å². The fourth-order valence-corrected chi connectivity index (χ4v) is 9.63. The number of aromatic amines is 2. The summed E-state index contributed by atoms with van der Waals surface area (Å²) in [5, 5.41) is 3.00. The van der Waals surface area contributed by atoms with Gasteiger partial charge in [0.1, 0.15) is 17.3 Å². The van der Waals surface area contributed by atoms with E-state index in [1.165, 1.54) is 7.11 Å². The Kier molecular flexibility index (Phi) is 13.7. The number of carbonyl (C=O) groups is 6. The number of Topliss-reactive ketones (excluding diaryl/α,β-unsaturated/α-hetero) is 3. The number of carbonyl (C=O) groups excluding carboxylic acids is 6. The van der Waals surface area contributed by atoms with Crippen molar-refractivity contribution < 1.29 is 38.2 Å². The van der Waals surface area contributed by atoms with Gasteiger partial charge in [0, 0.05) is 94.3 Å². The maximum atomic E-state index is 14.4. The van der Waals surface area contributed by atoms with Crippen molar-refractivity contribution in [3.63, 3.8) is 0 Å². The molecule has 13 nitrogen and oxygen atoms in total. The topological polar surface area (TPSA) is 190 Å². The second kappa shape index (κ2) is 18.5. The molecule has 62 heavy (non-hydrogen) atoms. The van der Waals surface area contributed by atoms with Gasteiger partial charge in [0.2, 0.25) is 5.91 Å². The lowest BCUT2D eigenvalue weighted by molar-refractivity contribution is -0.161. The monoisotopic (exact) mass is 849 g/mol. The van der Waals surface area contributed by atoms with Crippen molar-refractivity contribution in [1.29, 1.82) is 0 Å². The SMILES string of the molecule is CCCC(=O)C[C@@H](CCCNC(=O)CC[C@@H]1c2nc(cc3[nH]c(cc4nc(cc5[nH]c6c(c5C)C(=O)C(C(=O)OC)c26)[C@H](CC)[C@H]4C)c(C(C)=O)c3C)[C@H]1C)C(=O)OC(C)(C)C. The van der Waals surface area contributed by atoms with Gasteiger partial charge in [0.05, 0.1) is 29.8 Å². The molecule has 0 fully saturated rings. The molecule has 3 N–H and O–H groups in total. The zero-order chi connectivity index (χ0) is 45.4. The lowest BCUT2D eigenvalue weighted by Gasteiger charge is -2.24. The van der Waals surface area contributed by atoms with Crippen LogP contribution in [0.4, 0.5) is 0 Å². The molecule has 1 aliphatic carbocycles. The van der Waals surface area contributed by atoms with E-state index in [-0.39, 0.29) is 59.8 Å². The molecule has 2 aliphatic heterocycles. The Morgan fingerprint density at radius 1 is 0.871 bits per heavy atom. The van der Waals surface area contributed by atoms with Crippen LogP contribution in [0.1, 0.15) is 197 Å². The second-order valence-corrected chi connectivity index (χ2v) is 18.4. The molecule has 6 atom stereocenters. The van der Waals surface area contributed by atoms with Crippen LogP contribution in [0.5, 0.6) is 0 Å². The van der Waals surface area contributed by atoms with Gasteiger partial charge in [0.25, 0.3) is 0 Å². The highest BCUT2D eigenvalue weighted by Gasteiger charge is 2.45. The molecule has 0 saturated carbocycles. The Balaban J connectivity index is 1.40. The van der Waals surface area contributed by atoms with Crippen molar-refractivity contribution in [2.75, 3.05) is 13.7 Å². The minimum atomic E-state index is -1.25. The maximum absolute atomic E-state index is 14.4. The number of nitrogens with zero attached hydrogens (tertiary/aromatic N) is 2. The first-order valence-electron chi connectivity index (χ1n) is 22.2. The van der Waals surface area contributed by atoms with Crippen LogP contribution in [0.25, 0.3) is 22.1 Å². The summed E-state index contributed by atoms with van der Waals surface area (Å²) in [5.41, 5.74) is 7.76. The minimum Gasteiger partial charge on any atom is -0.468 e. The Morgan fingerprint density at radius 2 is 1.52 bits per heavy atom. The van der Waals surface area contributed by atoms with Crippen LogP contribution in [0.2, 0.25) is 0 Å². The standard InChI is InChI=1S/C49H63N5O8/c1-12-15-30(56)20-29(47(59)62-49(8,9)10)16-14-19-50-39(57)18-17-32-25(4)34-21-35-26(5)40(28(7)55)38(52-35)23-33-24(3)31(13-2)37(51-33)22-36-27(6)41-45(54-36)42(44(32)53-34)43(46(41)58)48(60)61-11/h21-25,29,31-32,43,52,54H,12-20H2,1-11H3,(H,50,57)/t24-,25+,29-,31-,32+,43?/m1/s1. The molecule has 13 heteroatoms. The molecule has 332 valence electrons. The molecular formula is C49H63N5O8. The number of rotatable bonds is 15. The molecule has 3 aliphatic rings. The van der Waals surface area contributed by atoms with E-state index in [1.54, 1.807) is 27.7 Å². The van der Waals surface area contributed by atoms with E-state index < -0.39 is 29.4 Å². The second-order valence-electron chi connectivity index (χ2n) is 18.4. The van der Waals surface area contributed by atoms with Gasteiger partial charge in [-0.25, -0.2) is 0 Å². The summed E-state index contributed by atoms with van der Waals surface area (Å²) in [4.78, 5) is 97.6. The predicted octanol–water partition coefficient (Wildman–Crippen LogP) is 9.17. The molecule has 0 aromatic carbocycles. The van der Waals surface area contributed by atoms with E-state index >= 15 is 0 Å². The van der Waals surface area contributed by atoms with Gasteiger partial charge in [-0.1, -0.05) is 27.7 Å². The molecule has 3 aromatic rings. The largest absolute Gasteiger partial charge is 0.468 e. The van der Waals surface area contributed by atoms with Crippen LogP contribution >= 0.6 is 0 Å². The van der Waals surface area contributed by atoms with Gasteiger partial charge < -0.3 is 24.8 Å². The third kappa shape index (κ3) is 9.17. The Morgan fingerprint density at radius 3 is 2.16 bits per heavy atom. The van der Waals surface area contributed by atoms with Crippen molar-refractivity contribution in [3.05, 3.63) is 68.8 Å². The summed E-state index contributed by atoms with van der Waals surface area (Å²) in [6.45, 7) is 19.2. The molecular weight excluding hydrogens is 787 g/mol. The highest BCUT2D eigenvalue weighted by Crippen LogP contribution is 2.48. The van der Waals surface area contributed by atoms with E-state index in [9.17, 15) is 28.8 Å². The van der Waals surface area contributed by atoms with Crippen LogP contribution in [0.15, 0.2) is 18.2 Å². The molecule has 1 unspecified atom stereocenters. The van der Waals surface area contributed by atoms with E-state index in [1.807, 2.05) is 45.9 Å². The summed E-state index contributed by atoms with van der Waals surface area (Å²) >= 11 is 0. The van der Waals surface area contributed by atoms with Crippen molar-refractivity contribution in [3.8, 4) is 0 Å². The van der Waals surface area contributed by atoms with Gasteiger partial charge in [-0.2, -0.15) is 0 Å². The van der Waals surface area contributed by atoms with Gasteiger partial charge >= 0.3 is 11.9 Å². The van der Waals surface area contributed by atoms with Crippen LogP contribution in [0.3, 0.4) is 0 Å². The number of amides is 1. The predicted molar refractivity (Wildman–Crippen MR) is 238 cm³/mol. The number of aromatic nitrogens is 4. The zero-order valence-electron chi connectivity index (χ0n) is 38.2. The average molecular weight is 850 g/mol. The molecule has 3 aromatic heterocycles. The highest BCUT2D eigenvalue weighted by atomic mass is 16.6. The van der Waals surface area contributed by atoms with Crippen molar-refractivity contribution >= 4 is 57.3 Å². The molecule has 1 amide bonds. The number of ether oxygens (including phenoxy) is 2. The number of methoxy groups -OCH3 is 1. The molecule has 0 radical (unpaired) electrons. The van der Waals surface area contributed by atoms with Gasteiger partial charge in [-0.3, -0.25) is 38.7 Å². The van der Waals surface area contributed by atoms with Crippen molar-refractivity contribution in [2.45, 2.75) is 156 Å². The summed E-state index contributed by atoms with van der Waals surface area (Å²) in [6.07, 6.45) is 3.36. The normalized spacial score (nSPS) is 19.9. The first-order valence-corrected chi connectivity index (χ1v) is 22.2. The first-order chi connectivity index (χ1) is 29.3. The Labute approximate surface area is 364 Å². The van der Waals surface area contributed by atoms with E-state index in [2.05, 4.69) is 29.1 Å². The quantitative estimate of drug-likeness (QED) is 0.0575. The van der Waals surface area contributed by atoms with Crippen LogP contribution in [-0.4, -0.2) is 74.4 Å². The van der Waals surface area contributed by atoms with Gasteiger partial charge in [-0.15, -0.1) is 0 Å². The summed E-state index contributed by atoms with van der Waals surface area (Å²) in [7, 11) is 1.27. The number of hydrogen-bond donors (Lipinski definition) is 3. The average Bonchev–Trinajstić information content (AvgIpc) is 3.94. The van der Waals surface area contributed by atoms with Crippen LogP contribution in [0, 0.1) is 19.8 Å². The smallest absolute Gasteiger partial charge is 0.321 e. The number of aryl methyl sites for hydroxylation is 2. The fraction of sp³-hybridized carbons (Fsp3) is 0.551. The fourth-order valence-electron chi connectivity index (χ4n) is 9.63. The number of ketones is 3. The molecule has 8 bridgehead atoms. The molecule has 6 rings (SSSR count). The molecule has 0 saturated heterocycles. The minimum absolute atomic E-state index is 0.0135. The first kappa shape index (κ1) is 46.1. The lowest BCUT2D eigenvalue weighted by Crippen LogP contribution is -2.31. The maximum Gasteiger partial charge on any atom is 0.321 e. The summed E-state index contributed by atoms with van der Waals surface area (Å²) in [5.74, 6) is -4.06. The van der Waals surface area contributed by atoms with Crippen LogP contribution in [-0.2, 0) is 28.7 Å². The molecule has 0 spiro atoms. The van der Waals surface area contributed by atoms with Gasteiger partial charge in [-0.05, 0) is 103 Å². The van der Waals surface area contributed by atoms with Gasteiger partial charge in [0.15, 0.2) is 11.6 Å². The number of nitrogens with one attached hydrogen (secondary N) is 3. The Bertz CT molecular complexity index is 2470. The third-order valence-corrected chi connectivity index (χ3v) is 12.9. The number of H-pyrrole nitrogens is 2. The number of fused-ring (bicyclic) bond motifs is 8. The van der Waals surface area contributed by atoms with Crippen molar-refractivity contribution in [2.24, 2.45) is 5.92 Å².